The first kappa shape index (κ1) is 10.7. The van der Waals surface area contributed by atoms with Crippen LogP contribution in [0.3, 0.4) is 0 Å². The average Bonchev–Trinajstić information content (AvgIpc) is 2.61. The maximum absolute atomic E-state index is 5.82. The van der Waals surface area contributed by atoms with Crippen molar-refractivity contribution in [1.82, 2.24) is 5.32 Å². The van der Waals surface area contributed by atoms with Crippen molar-refractivity contribution in [2.45, 2.75) is 37.6 Å². The van der Waals surface area contributed by atoms with Gasteiger partial charge in [-0.1, -0.05) is 0 Å². The number of ether oxygens (including phenoxy) is 1. The number of nitrogens with one attached hydrogen (secondary N) is 2. The molecule has 4 rings (SSSR count). The van der Waals surface area contributed by atoms with Gasteiger partial charge in [0.05, 0.1) is 6.61 Å². The number of anilines is 1. The first-order valence-electron chi connectivity index (χ1n) is 7.19. The number of benzene rings is 1. The number of rotatable bonds is 0. The summed E-state index contributed by atoms with van der Waals surface area (Å²) in [5.74, 6) is 1.83. The van der Waals surface area contributed by atoms with Gasteiger partial charge in [0, 0.05) is 17.6 Å². The molecule has 0 aliphatic carbocycles. The zero-order valence-corrected chi connectivity index (χ0v) is 10.7. The summed E-state index contributed by atoms with van der Waals surface area (Å²) in [5, 5.41) is 7.25. The lowest BCUT2D eigenvalue weighted by Crippen LogP contribution is -2.21. The first-order valence-corrected chi connectivity index (χ1v) is 7.19. The van der Waals surface area contributed by atoms with Crippen LogP contribution in [-0.2, 0) is 6.42 Å². The summed E-state index contributed by atoms with van der Waals surface area (Å²) in [5.41, 5.74) is 4.43. The first-order chi connectivity index (χ1) is 8.93. The highest BCUT2D eigenvalue weighted by Gasteiger charge is 2.36. The van der Waals surface area contributed by atoms with Crippen molar-refractivity contribution in [2.24, 2.45) is 0 Å². The van der Waals surface area contributed by atoms with Crippen LogP contribution < -0.4 is 15.4 Å². The molecule has 3 heteroatoms. The van der Waals surface area contributed by atoms with Gasteiger partial charge >= 0.3 is 0 Å². The molecule has 3 aliphatic rings. The van der Waals surface area contributed by atoms with E-state index < -0.39 is 0 Å². The van der Waals surface area contributed by atoms with E-state index in [4.69, 9.17) is 4.74 Å². The fraction of sp³-hybridized carbons (Fsp3) is 0.600. The third kappa shape index (κ3) is 1.53. The Balaban J connectivity index is 1.80. The fourth-order valence-electron chi connectivity index (χ4n) is 3.78. The molecule has 0 amide bonds. The molecule has 3 heterocycles. The van der Waals surface area contributed by atoms with Crippen molar-refractivity contribution in [1.29, 1.82) is 0 Å². The fourth-order valence-corrected chi connectivity index (χ4v) is 3.78. The molecule has 3 nitrogen and oxygen atoms in total. The minimum Gasteiger partial charge on any atom is -0.493 e. The summed E-state index contributed by atoms with van der Waals surface area (Å²) in [4.78, 5) is 0. The molecular weight excluding hydrogens is 224 g/mol. The quantitative estimate of drug-likeness (QED) is 0.734. The van der Waals surface area contributed by atoms with E-state index in [0.717, 1.165) is 25.4 Å². The summed E-state index contributed by atoms with van der Waals surface area (Å²) >= 11 is 0. The Morgan fingerprint density at radius 2 is 2.11 bits per heavy atom. The topological polar surface area (TPSA) is 33.3 Å². The monoisotopic (exact) mass is 244 g/mol. The molecule has 0 saturated carbocycles. The van der Waals surface area contributed by atoms with E-state index >= 15 is 0 Å². The summed E-state index contributed by atoms with van der Waals surface area (Å²) in [6, 6.07) is 5.01. The van der Waals surface area contributed by atoms with Gasteiger partial charge in [0.2, 0.25) is 0 Å². The molecule has 0 radical (unpaired) electrons. The lowest BCUT2D eigenvalue weighted by molar-refractivity contribution is 0.287. The summed E-state index contributed by atoms with van der Waals surface area (Å²) in [6.45, 7) is 3.17. The van der Waals surface area contributed by atoms with Crippen molar-refractivity contribution in [2.75, 3.05) is 25.0 Å². The lowest BCUT2D eigenvalue weighted by Gasteiger charge is -2.23. The van der Waals surface area contributed by atoms with Crippen LogP contribution in [0.1, 0.15) is 36.3 Å². The number of fused-ring (bicyclic) bond motifs is 5. The Hall–Kier alpha value is -1.22. The SMILES string of the molecule is c1cc2c(c3c1N[C@@H]1CCNCC[C@H]31)CCCO2. The summed E-state index contributed by atoms with van der Waals surface area (Å²) in [6.07, 6.45) is 4.84. The average molecular weight is 244 g/mol. The van der Waals surface area contributed by atoms with E-state index in [0.29, 0.717) is 12.0 Å². The predicted octanol–water partition coefficient (Wildman–Crippen LogP) is 2.27. The summed E-state index contributed by atoms with van der Waals surface area (Å²) < 4.78 is 5.82. The molecular formula is C15H20N2O. The van der Waals surface area contributed by atoms with Crippen molar-refractivity contribution < 1.29 is 4.74 Å². The molecule has 18 heavy (non-hydrogen) atoms. The van der Waals surface area contributed by atoms with Crippen LogP contribution in [0.5, 0.6) is 5.75 Å². The van der Waals surface area contributed by atoms with Gasteiger partial charge in [0.25, 0.3) is 0 Å². The third-order valence-electron chi connectivity index (χ3n) is 4.60. The van der Waals surface area contributed by atoms with Gasteiger partial charge in [0.1, 0.15) is 5.75 Å². The van der Waals surface area contributed by atoms with Crippen molar-refractivity contribution in [3.05, 3.63) is 23.3 Å². The van der Waals surface area contributed by atoms with Crippen LogP contribution >= 0.6 is 0 Å². The smallest absolute Gasteiger partial charge is 0.122 e. The maximum atomic E-state index is 5.82. The second kappa shape index (κ2) is 4.16. The van der Waals surface area contributed by atoms with Crippen LogP contribution in [-0.4, -0.2) is 25.7 Å². The maximum Gasteiger partial charge on any atom is 0.122 e. The Bertz CT molecular complexity index is 472. The standard InChI is InChI=1S/C15H20N2O/c1-2-11-14(18-9-1)4-3-13-15(11)10-5-7-16-8-6-12(10)17-13/h3-4,10,12,16-17H,1-2,5-9H2/t10-,12+/m0/s1. The second-order valence-corrected chi connectivity index (χ2v) is 5.64. The molecule has 0 aromatic heterocycles. The molecule has 1 saturated heterocycles. The Morgan fingerprint density at radius 1 is 1.17 bits per heavy atom. The Morgan fingerprint density at radius 3 is 3.11 bits per heavy atom. The van der Waals surface area contributed by atoms with Gasteiger partial charge in [-0.2, -0.15) is 0 Å². The van der Waals surface area contributed by atoms with Crippen LogP contribution in [0, 0.1) is 0 Å². The van der Waals surface area contributed by atoms with Crippen molar-refractivity contribution in [3.8, 4) is 5.75 Å². The molecule has 96 valence electrons. The van der Waals surface area contributed by atoms with Gasteiger partial charge in [-0.25, -0.2) is 0 Å². The molecule has 1 aromatic carbocycles. The molecule has 0 unspecified atom stereocenters. The highest BCUT2D eigenvalue weighted by Crippen LogP contribution is 2.46. The van der Waals surface area contributed by atoms with Crippen molar-refractivity contribution >= 4 is 5.69 Å². The van der Waals surface area contributed by atoms with Gasteiger partial charge in [-0.3, -0.25) is 0 Å². The van der Waals surface area contributed by atoms with E-state index in [1.54, 1.807) is 5.56 Å². The molecule has 0 bridgehead atoms. The highest BCUT2D eigenvalue weighted by atomic mass is 16.5. The van der Waals surface area contributed by atoms with Gasteiger partial charge in [0.15, 0.2) is 0 Å². The van der Waals surface area contributed by atoms with Gasteiger partial charge < -0.3 is 15.4 Å². The largest absolute Gasteiger partial charge is 0.493 e. The van der Waals surface area contributed by atoms with E-state index in [9.17, 15) is 0 Å². The van der Waals surface area contributed by atoms with Crippen LogP contribution in [0.4, 0.5) is 5.69 Å². The Kier molecular flexibility index (Phi) is 2.47. The Labute approximate surface area is 108 Å². The van der Waals surface area contributed by atoms with E-state index in [2.05, 4.69) is 22.8 Å². The lowest BCUT2D eigenvalue weighted by atomic mass is 9.86. The van der Waals surface area contributed by atoms with Crippen LogP contribution in [0.25, 0.3) is 0 Å². The normalized spacial score (nSPS) is 29.3. The van der Waals surface area contributed by atoms with Crippen LogP contribution in [0.15, 0.2) is 12.1 Å². The van der Waals surface area contributed by atoms with Crippen LogP contribution in [0.2, 0.25) is 0 Å². The van der Waals surface area contributed by atoms with Gasteiger partial charge in [-0.15, -0.1) is 0 Å². The molecule has 1 aromatic rings. The molecule has 0 spiro atoms. The van der Waals surface area contributed by atoms with Crippen molar-refractivity contribution in [3.63, 3.8) is 0 Å². The molecule has 2 atom stereocenters. The van der Waals surface area contributed by atoms with E-state index in [-0.39, 0.29) is 0 Å². The van der Waals surface area contributed by atoms with E-state index in [1.807, 2.05) is 0 Å². The predicted molar refractivity (Wildman–Crippen MR) is 72.5 cm³/mol. The zero-order valence-electron chi connectivity index (χ0n) is 10.7. The highest BCUT2D eigenvalue weighted by molar-refractivity contribution is 5.66. The molecule has 2 N–H and O–H groups in total. The van der Waals surface area contributed by atoms with Gasteiger partial charge in [-0.05, 0) is 62.0 Å². The van der Waals surface area contributed by atoms with E-state index in [1.165, 1.54) is 36.9 Å². The summed E-state index contributed by atoms with van der Waals surface area (Å²) in [7, 11) is 0. The third-order valence-corrected chi connectivity index (χ3v) is 4.60. The molecule has 3 aliphatic heterocycles. The zero-order chi connectivity index (χ0) is 11.9. The number of hydrogen-bond acceptors (Lipinski definition) is 3. The minimum atomic E-state index is 0.628. The number of hydrogen-bond donors (Lipinski definition) is 2. The minimum absolute atomic E-state index is 0.628. The second-order valence-electron chi connectivity index (χ2n) is 5.64. The molecule has 1 fully saturated rings.